The molecule has 0 rings (SSSR count). The maximum atomic E-state index is 12.9. The molecular weight excluding hydrogens is 1010 g/mol. The Morgan fingerprint density at radius 2 is 0.704 bits per heavy atom. The number of quaternary nitrogens is 1. The Kier molecular flexibility index (Phi) is 60.2. The van der Waals surface area contributed by atoms with Crippen molar-refractivity contribution in [1.29, 1.82) is 0 Å². The largest absolute Gasteiger partial charge is 0.477 e. The van der Waals surface area contributed by atoms with Crippen LogP contribution in [-0.2, 0) is 33.3 Å². The van der Waals surface area contributed by atoms with Crippen LogP contribution in [0, 0.1) is 0 Å². The van der Waals surface area contributed by atoms with E-state index in [1.807, 2.05) is 21.1 Å². The maximum Gasteiger partial charge on any atom is 0.361 e. The van der Waals surface area contributed by atoms with Crippen molar-refractivity contribution >= 4 is 17.9 Å². The molecule has 0 aliphatic rings. The molecule has 0 amide bonds. The minimum absolute atomic E-state index is 0.184. The molecule has 0 aromatic heterocycles. The molecule has 0 bridgehead atoms. The van der Waals surface area contributed by atoms with Crippen LogP contribution in [0.1, 0.15) is 309 Å². The molecule has 2 unspecified atom stereocenters. The number of carbonyl (C=O) groups excluding carboxylic acids is 2. The molecule has 0 fully saturated rings. The van der Waals surface area contributed by atoms with E-state index in [9.17, 15) is 19.5 Å². The third kappa shape index (κ3) is 64.1. The van der Waals surface area contributed by atoms with Gasteiger partial charge >= 0.3 is 17.9 Å². The molecule has 1 N–H and O–H groups in total. The number of hydrogen-bond donors (Lipinski definition) is 1. The summed E-state index contributed by atoms with van der Waals surface area (Å²) in [5, 5.41) is 9.74. The van der Waals surface area contributed by atoms with Gasteiger partial charge in [-0.15, -0.1) is 0 Å². The molecule has 470 valence electrons. The third-order valence-electron chi connectivity index (χ3n) is 15.0. The SMILES string of the molecule is CC/C=C\C/C=C\C/C=C\C/C=C\C/C=C\C/C=C\CCCCCCCCCCC(=O)OC(COC(=O)CCCCCCCCCCCCCCCCCCCCCCCCCCCCCCC)COC(OCC[N+](C)(C)C)C(=O)O. The number of esters is 2. The summed E-state index contributed by atoms with van der Waals surface area (Å²) < 4.78 is 23.0. The van der Waals surface area contributed by atoms with Gasteiger partial charge in [-0.1, -0.05) is 305 Å². The summed E-state index contributed by atoms with van der Waals surface area (Å²) in [5.41, 5.74) is 0. The number of carboxylic acids is 1. The maximum absolute atomic E-state index is 12.9. The Morgan fingerprint density at radius 3 is 1.05 bits per heavy atom. The number of unbranched alkanes of at least 4 members (excludes halogenated alkanes) is 36. The van der Waals surface area contributed by atoms with Gasteiger partial charge < -0.3 is 28.5 Å². The molecule has 0 saturated carbocycles. The van der Waals surface area contributed by atoms with Gasteiger partial charge in [-0.2, -0.15) is 0 Å². The molecule has 0 saturated heterocycles. The van der Waals surface area contributed by atoms with Crippen molar-refractivity contribution in [2.75, 3.05) is 47.5 Å². The lowest BCUT2D eigenvalue weighted by atomic mass is 10.0. The van der Waals surface area contributed by atoms with Crippen LogP contribution in [0.15, 0.2) is 72.9 Å². The molecule has 81 heavy (non-hydrogen) atoms. The highest BCUT2D eigenvalue weighted by Crippen LogP contribution is 2.18. The second-order valence-corrected chi connectivity index (χ2v) is 24.1. The van der Waals surface area contributed by atoms with Gasteiger partial charge in [0.25, 0.3) is 6.29 Å². The highest BCUT2D eigenvalue weighted by atomic mass is 16.7. The van der Waals surface area contributed by atoms with E-state index in [0.717, 1.165) is 83.5 Å². The second-order valence-electron chi connectivity index (χ2n) is 24.1. The third-order valence-corrected chi connectivity index (χ3v) is 15.0. The average molecular weight is 1140 g/mol. The minimum Gasteiger partial charge on any atom is -0.477 e. The predicted molar refractivity (Wildman–Crippen MR) is 346 cm³/mol. The zero-order valence-corrected chi connectivity index (χ0v) is 53.7. The Hall–Kier alpha value is -3.27. The number of nitrogens with zero attached hydrogens (tertiary/aromatic N) is 1. The topological polar surface area (TPSA) is 108 Å². The zero-order valence-electron chi connectivity index (χ0n) is 53.7. The van der Waals surface area contributed by atoms with Gasteiger partial charge in [0.05, 0.1) is 34.4 Å². The molecule has 0 heterocycles. The fraction of sp³-hybridized carbons (Fsp3) is 0.792. The van der Waals surface area contributed by atoms with Gasteiger partial charge in [0, 0.05) is 12.8 Å². The number of likely N-dealkylation sites (N-methyl/N-ethyl adjacent to an activating group) is 1. The van der Waals surface area contributed by atoms with E-state index in [0.29, 0.717) is 23.9 Å². The molecule has 0 aromatic rings. The molecule has 0 aromatic carbocycles. The normalized spacial score (nSPS) is 13.1. The lowest BCUT2D eigenvalue weighted by Gasteiger charge is -2.25. The predicted octanol–water partition coefficient (Wildman–Crippen LogP) is 20.9. The standard InChI is InChI=1S/C72H129NO8/c1-6-8-10-12-14-16-18-20-22-24-26-28-30-32-34-35-37-38-40-42-44-46-48-50-52-54-56-58-60-62-69(74)79-66-68(67-80-72(71(76)77)78-65-64-73(3,4)5)81-70(75)63-61-59-57-55-53-51-49-47-45-43-41-39-36-33-31-29-27-25-23-21-19-17-15-13-11-9-7-2/h9,11,15,17,21,23,27,29,33,36,41,43,68,72H,6-8,10,12-14,16,18-20,22,24-26,28,30-32,34-35,37-40,42,44-67H2,1-5H3/p+1/b11-9-,17-15-,23-21-,29-27-,36-33-,43-41-. The van der Waals surface area contributed by atoms with Gasteiger partial charge in [-0.25, -0.2) is 4.79 Å². The quantitative estimate of drug-likeness (QED) is 0.0211. The Bertz CT molecular complexity index is 1560. The lowest BCUT2D eigenvalue weighted by Crippen LogP contribution is -2.40. The summed E-state index contributed by atoms with van der Waals surface area (Å²) in [6.07, 6.45) is 80.1. The van der Waals surface area contributed by atoms with E-state index in [2.05, 4.69) is 86.8 Å². The van der Waals surface area contributed by atoms with Crippen LogP contribution in [0.2, 0.25) is 0 Å². The zero-order chi connectivity index (χ0) is 59.1. The van der Waals surface area contributed by atoms with Crippen LogP contribution in [0.4, 0.5) is 0 Å². The summed E-state index contributed by atoms with van der Waals surface area (Å²) in [4.78, 5) is 37.6. The summed E-state index contributed by atoms with van der Waals surface area (Å²) in [6.45, 7) is 4.80. The monoisotopic (exact) mass is 1140 g/mol. The highest BCUT2D eigenvalue weighted by molar-refractivity contribution is 5.71. The van der Waals surface area contributed by atoms with Crippen LogP contribution in [0.3, 0.4) is 0 Å². The van der Waals surface area contributed by atoms with Crippen molar-refractivity contribution in [1.82, 2.24) is 0 Å². The van der Waals surface area contributed by atoms with Gasteiger partial charge in [0.15, 0.2) is 6.10 Å². The van der Waals surface area contributed by atoms with E-state index in [4.69, 9.17) is 18.9 Å². The van der Waals surface area contributed by atoms with Crippen LogP contribution < -0.4 is 0 Å². The van der Waals surface area contributed by atoms with Crippen LogP contribution >= 0.6 is 0 Å². The molecule has 0 aliphatic heterocycles. The average Bonchev–Trinajstić information content (AvgIpc) is 3.44. The number of carbonyl (C=O) groups is 3. The fourth-order valence-corrected chi connectivity index (χ4v) is 9.79. The molecule has 9 nitrogen and oxygen atoms in total. The molecule has 0 aliphatic carbocycles. The van der Waals surface area contributed by atoms with Crippen molar-refractivity contribution in [3.05, 3.63) is 72.9 Å². The molecule has 0 radical (unpaired) electrons. The van der Waals surface area contributed by atoms with Crippen LogP contribution in [0.5, 0.6) is 0 Å². The van der Waals surface area contributed by atoms with E-state index >= 15 is 0 Å². The first-order chi connectivity index (χ1) is 39.6. The molecule has 0 spiro atoms. The fourth-order valence-electron chi connectivity index (χ4n) is 9.79. The highest BCUT2D eigenvalue weighted by Gasteiger charge is 2.25. The minimum atomic E-state index is -1.52. The van der Waals surface area contributed by atoms with Crippen molar-refractivity contribution in [3.63, 3.8) is 0 Å². The van der Waals surface area contributed by atoms with E-state index < -0.39 is 24.3 Å². The Labute approximate surface area is 500 Å². The smallest absolute Gasteiger partial charge is 0.361 e. The second kappa shape index (κ2) is 62.8. The first kappa shape index (κ1) is 77.7. The van der Waals surface area contributed by atoms with Gasteiger partial charge in [0.2, 0.25) is 0 Å². The van der Waals surface area contributed by atoms with Crippen LogP contribution in [-0.4, -0.2) is 87.4 Å². The van der Waals surface area contributed by atoms with Crippen molar-refractivity contribution in [2.45, 2.75) is 322 Å². The van der Waals surface area contributed by atoms with E-state index in [1.165, 1.54) is 193 Å². The number of hydrogen-bond acceptors (Lipinski definition) is 7. The Balaban J connectivity index is 4.14. The number of carboxylic acid groups (broad SMARTS) is 1. The molecule has 9 heteroatoms. The van der Waals surface area contributed by atoms with Gasteiger partial charge in [0.1, 0.15) is 13.2 Å². The number of ether oxygens (including phenoxy) is 4. The lowest BCUT2D eigenvalue weighted by molar-refractivity contribution is -0.870. The first-order valence-electron chi connectivity index (χ1n) is 34.1. The van der Waals surface area contributed by atoms with E-state index in [-0.39, 0.29) is 32.2 Å². The van der Waals surface area contributed by atoms with Crippen molar-refractivity contribution in [3.8, 4) is 0 Å². The Morgan fingerprint density at radius 1 is 0.383 bits per heavy atom. The van der Waals surface area contributed by atoms with Crippen LogP contribution in [0.25, 0.3) is 0 Å². The molecular formula is C72H130NO8+. The van der Waals surface area contributed by atoms with Crippen molar-refractivity contribution in [2.24, 2.45) is 0 Å². The van der Waals surface area contributed by atoms with Crippen molar-refractivity contribution < 1.29 is 42.9 Å². The summed E-state index contributed by atoms with van der Waals surface area (Å²) in [5.74, 6) is -2.00. The number of allylic oxidation sites excluding steroid dienone is 12. The van der Waals surface area contributed by atoms with Gasteiger partial charge in [-0.3, -0.25) is 9.59 Å². The summed E-state index contributed by atoms with van der Waals surface area (Å²) >= 11 is 0. The van der Waals surface area contributed by atoms with E-state index in [1.54, 1.807) is 0 Å². The summed E-state index contributed by atoms with van der Waals surface area (Å²) in [6, 6.07) is 0. The first-order valence-corrected chi connectivity index (χ1v) is 34.1. The summed E-state index contributed by atoms with van der Waals surface area (Å²) in [7, 11) is 5.98. The number of aliphatic carboxylic acids is 1. The number of rotatable bonds is 63. The van der Waals surface area contributed by atoms with Gasteiger partial charge in [-0.05, 0) is 64.2 Å². The molecule has 2 atom stereocenters.